The maximum Gasteiger partial charge on any atom is 0.0830 e. The number of benzene rings is 2. The van der Waals surface area contributed by atoms with Gasteiger partial charge in [0.2, 0.25) is 0 Å². The molecule has 0 saturated heterocycles. The first-order valence-corrected chi connectivity index (χ1v) is 6.37. The Morgan fingerprint density at radius 3 is 2.17 bits per heavy atom. The van der Waals surface area contributed by atoms with Gasteiger partial charge < -0.3 is 5.11 Å². The second kappa shape index (κ2) is 5.36. The van der Waals surface area contributed by atoms with E-state index in [0.29, 0.717) is 6.42 Å². The molecule has 0 aliphatic rings. The number of aliphatic hydroxyl groups excluding tert-OH is 1. The summed E-state index contributed by atoms with van der Waals surface area (Å²) in [6.07, 6.45) is 0.245. The first-order valence-electron chi connectivity index (χ1n) is 6.37. The van der Waals surface area contributed by atoms with E-state index in [9.17, 15) is 5.11 Å². The Morgan fingerprint density at radius 2 is 1.56 bits per heavy atom. The van der Waals surface area contributed by atoms with Crippen molar-refractivity contribution in [2.45, 2.75) is 33.3 Å². The lowest BCUT2D eigenvalue weighted by Crippen LogP contribution is -2.02. The molecule has 2 rings (SSSR count). The number of aliphatic hydroxyl groups is 1. The fourth-order valence-corrected chi connectivity index (χ4v) is 2.04. The predicted molar refractivity (Wildman–Crippen MR) is 75.8 cm³/mol. The predicted octanol–water partition coefficient (Wildman–Crippen LogP) is 3.89. The van der Waals surface area contributed by atoms with Crippen molar-refractivity contribution >= 4 is 0 Å². The Bertz CT molecular complexity index is 526. The van der Waals surface area contributed by atoms with Gasteiger partial charge in [0.25, 0.3) is 0 Å². The summed E-state index contributed by atoms with van der Waals surface area (Å²) >= 11 is 0. The molecule has 1 unspecified atom stereocenters. The van der Waals surface area contributed by atoms with Crippen LogP contribution >= 0.6 is 0 Å². The summed E-state index contributed by atoms with van der Waals surface area (Å²) in [6, 6.07) is 14.5. The van der Waals surface area contributed by atoms with Gasteiger partial charge in [-0.1, -0.05) is 48.0 Å². The molecule has 0 aliphatic heterocycles. The minimum absolute atomic E-state index is 0.424. The minimum Gasteiger partial charge on any atom is -0.388 e. The van der Waals surface area contributed by atoms with Crippen LogP contribution in [0.3, 0.4) is 0 Å². The summed E-state index contributed by atoms with van der Waals surface area (Å²) in [6.45, 7) is 6.24. The standard InChI is InChI=1S/C17H20O/c1-12-4-7-15(8-5-12)11-17(18)16-9-6-13(2)14(3)10-16/h4-10,17-18H,11H2,1-3H3. The molecule has 0 radical (unpaired) electrons. The topological polar surface area (TPSA) is 20.2 Å². The molecule has 1 nitrogen and oxygen atoms in total. The summed E-state index contributed by atoms with van der Waals surface area (Å²) in [5.74, 6) is 0. The van der Waals surface area contributed by atoms with Crippen molar-refractivity contribution in [1.82, 2.24) is 0 Å². The van der Waals surface area contributed by atoms with Crippen LogP contribution in [0.25, 0.3) is 0 Å². The van der Waals surface area contributed by atoms with E-state index < -0.39 is 6.10 Å². The lowest BCUT2D eigenvalue weighted by Gasteiger charge is -2.13. The Balaban J connectivity index is 2.13. The van der Waals surface area contributed by atoms with Gasteiger partial charge in [0.15, 0.2) is 0 Å². The highest BCUT2D eigenvalue weighted by Gasteiger charge is 2.09. The van der Waals surface area contributed by atoms with Crippen molar-refractivity contribution in [3.8, 4) is 0 Å². The SMILES string of the molecule is Cc1ccc(CC(O)c2ccc(C)c(C)c2)cc1. The van der Waals surface area contributed by atoms with Crippen LogP contribution in [0.15, 0.2) is 42.5 Å². The number of rotatable bonds is 3. The summed E-state index contributed by atoms with van der Waals surface area (Å²) in [4.78, 5) is 0. The first-order chi connectivity index (χ1) is 8.56. The third-order valence-corrected chi connectivity index (χ3v) is 3.47. The number of hydrogen-bond donors (Lipinski definition) is 1. The van der Waals surface area contributed by atoms with Gasteiger partial charge in [-0.25, -0.2) is 0 Å². The fraction of sp³-hybridized carbons (Fsp3) is 0.294. The molecular weight excluding hydrogens is 220 g/mol. The average molecular weight is 240 g/mol. The van der Waals surface area contributed by atoms with Crippen LogP contribution in [0, 0.1) is 20.8 Å². The summed E-state index contributed by atoms with van der Waals surface area (Å²) in [5.41, 5.74) is 5.92. The summed E-state index contributed by atoms with van der Waals surface area (Å²) in [7, 11) is 0. The number of aryl methyl sites for hydroxylation is 3. The second-order valence-corrected chi connectivity index (χ2v) is 5.05. The molecule has 0 aromatic heterocycles. The van der Waals surface area contributed by atoms with Crippen molar-refractivity contribution in [3.63, 3.8) is 0 Å². The molecular formula is C17H20O. The molecule has 1 N–H and O–H groups in total. The Hall–Kier alpha value is -1.60. The van der Waals surface area contributed by atoms with Gasteiger partial charge in [-0.2, -0.15) is 0 Å². The molecule has 2 aromatic carbocycles. The van der Waals surface area contributed by atoms with E-state index in [1.54, 1.807) is 0 Å². The molecule has 94 valence electrons. The van der Waals surface area contributed by atoms with Crippen LogP contribution in [0.5, 0.6) is 0 Å². The molecule has 1 heteroatoms. The smallest absolute Gasteiger partial charge is 0.0830 e. The van der Waals surface area contributed by atoms with Crippen LogP contribution in [-0.2, 0) is 6.42 Å². The van der Waals surface area contributed by atoms with Crippen LogP contribution < -0.4 is 0 Å². The molecule has 0 aliphatic carbocycles. The second-order valence-electron chi connectivity index (χ2n) is 5.05. The zero-order valence-electron chi connectivity index (χ0n) is 11.3. The molecule has 0 fully saturated rings. The van der Waals surface area contributed by atoms with Crippen LogP contribution in [0.1, 0.15) is 33.9 Å². The van der Waals surface area contributed by atoms with Crippen LogP contribution in [0.2, 0.25) is 0 Å². The van der Waals surface area contributed by atoms with Crippen molar-refractivity contribution in [3.05, 3.63) is 70.3 Å². The lowest BCUT2D eigenvalue weighted by atomic mass is 9.98. The van der Waals surface area contributed by atoms with Gasteiger partial charge >= 0.3 is 0 Å². The van der Waals surface area contributed by atoms with Gasteiger partial charge in [0.1, 0.15) is 0 Å². The molecule has 0 spiro atoms. The quantitative estimate of drug-likeness (QED) is 0.863. The average Bonchev–Trinajstić information content (AvgIpc) is 2.35. The van der Waals surface area contributed by atoms with Gasteiger partial charge in [0, 0.05) is 6.42 Å². The highest BCUT2D eigenvalue weighted by molar-refractivity contribution is 5.32. The van der Waals surface area contributed by atoms with E-state index in [1.807, 2.05) is 6.07 Å². The molecule has 0 heterocycles. The van der Waals surface area contributed by atoms with E-state index in [-0.39, 0.29) is 0 Å². The van der Waals surface area contributed by atoms with Crippen molar-refractivity contribution < 1.29 is 5.11 Å². The zero-order valence-corrected chi connectivity index (χ0v) is 11.3. The van der Waals surface area contributed by atoms with E-state index in [1.165, 1.54) is 22.3 Å². The Labute approximate surface area is 109 Å². The zero-order chi connectivity index (χ0) is 13.1. The minimum atomic E-state index is -0.424. The van der Waals surface area contributed by atoms with Crippen molar-refractivity contribution in [2.75, 3.05) is 0 Å². The van der Waals surface area contributed by atoms with Crippen LogP contribution in [-0.4, -0.2) is 5.11 Å². The molecule has 0 bridgehead atoms. The van der Waals surface area contributed by atoms with Crippen molar-refractivity contribution in [2.24, 2.45) is 0 Å². The highest BCUT2D eigenvalue weighted by Crippen LogP contribution is 2.21. The summed E-state index contributed by atoms with van der Waals surface area (Å²) < 4.78 is 0. The van der Waals surface area contributed by atoms with Crippen molar-refractivity contribution in [1.29, 1.82) is 0 Å². The molecule has 18 heavy (non-hydrogen) atoms. The van der Waals surface area contributed by atoms with Gasteiger partial charge in [-0.05, 0) is 43.0 Å². The van der Waals surface area contributed by atoms with E-state index in [4.69, 9.17) is 0 Å². The third-order valence-electron chi connectivity index (χ3n) is 3.47. The Kier molecular flexibility index (Phi) is 3.83. The third kappa shape index (κ3) is 2.99. The van der Waals surface area contributed by atoms with Gasteiger partial charge in [-0.15, -0.1) is 0 Å². The van der Waals surface area contributed by atoms with E-state index in [0.717, 1.165) is 5.56 Å². The van der Waals surface area contributed by atoms with E-state index >= 15 is 0 Å². The summed E-state index contributed by atoms with van der Waals surface area (Å²) in [5, 5.41) is 10.3. The lowest BCUT2D eigenvalue weighted by molar-refractivity contribution is 0.178. The fourth-order valence-electron chi connectivity index (χ4n) is 2.04. The van der Waals surface area contributed by atoms with E-state index in [2.05, 4.69) is 57.2 Å². The maximum atomic E-state index is 10.3. The largest absolute Gasteiger partial charge is 0.388 e. The maximum absolute atomic E-state index is 10.3. The molecule has 1 atom stereocenters. The molecule has 0 amide bonds. The van der Waals surface area contributed by atoms with Gasteiger partial charge in [-0.3, -0.25) is 0 Å². The molecule has 2 aromatic rings. The van der Waals surface area contributed by atoms with Gasteiger partial charge in [0.05, 0.1) is 6.10 Å². The Morgan fingerprint density at radius 1 is 0.889 bits per heavy atom. The monoisotopic (exact) mass is 240 g/mol. The number of hydrogen-bond acceptors (Lipinski definition) is 1. The molecule has 0 saturated carbocycles. The first kappa shape index (κ1) is 12.8. The highest BCUT2D eigenvalue weighted by atomic mass is 16.3. The normalized spacial score (nSPS) is 12.4. The van der Waals surface area contributed by atoms with Crippen LogP contribution in [0.4, 0.5) is 0 Å².